The summed E-state index contributed by atoms with van der Waals surface area (Å²) in [5.41, 5.74) is 3.80. The van der Waals surface area contributed by atoms with Crippen molar-refractivity contribution in [2.45, 2.75) is 58.3 Å². The summed E-state index contributed by atoms with van der Waals surface area (Å²) >= 11 is 6.27. The molecular weight excluding hydrogens is 480 g/mol. The maximum atomic E-state index is 13.7. The van der Waals surface area contributed by atoms with Crippen LogP contribution in [-0.4, -0.2) is 21.6 Å². The molecule has 0 radical (unpaired) electrons. The highest BCUT2D eigenvalue weighted by atomic mass is 35.5. The third-order valence-corrected chi connectivity index (χ3v) is 7.50. The van der Waals surface area contributed by atoms with Crippen LogP contribution in [0, 0.1) is 12.8 Å². The minimum atomic E-state index is -0.348. The molecule has 0 saturated carbocycles. The van der Waals surface area contributed by atoms with Crippen LogP contribution in [0.2, 0.25) is 5.02 Å². The number of hydrogen-bond donors (Lipinski definition) is 2. The van der Waals surface area contributed by atoms with E-state index in [0.29, 0.717) is 28.9 Å². The summed E-state index contributed by atoms with van der Waals surface area (Å²) in [6.07, 6.45) is 1.52. The Morgan fingerprint density at radius 3 is 2.54 bits per heavy atom. The highest BCUT2D eigenvalue weighted by Gasteiger charge is 2.44. The fraction of sp³-hybridized carbons (Fsp3) is 0.355. The van der Waals surface area contributed by atoms with E-state index in [-0.39, 0.29) is 22.7 Å². The molecule has 2 heterocycles. The van der Waals surface area contributed by atoms with Crippen molar-refractivity contribution in [2.24, 2.45) is 5.92 Å². The van der Waals surface area contributed by atoms with Gasteiger partial charge in [-0.2, -0.15) is 0 Å². The van der Waals surface area contributed by atoms with E-state index in [1.165, 1.54) is 11.1 Å². The standard InChI is InChI=1S/C31H35ClN4O/c1-21-9-8-12-24(15-21)31(33-20-30(3,4)35-31)18-22(2)16-28-34-27-17-25(32)13-14-26(27)29(37)36(28)19-23-10-6-5-7-11-23/h5-15,17,22,33,35H,16,18-20H2,1-4H3. The number of nitrogens with zero attached hydrogens (tertiary/aromatic N) is 2. The molecule has 2 N–H and O–H groups in total. The van der Waals surface area contributed by atoms with Gasteiger partial charge in [-0.15, -0.1) is 0 Å². The Kier molecular flexibility index (Phi) is 6.97. The van der Waals surface area contributed by atoms with Gasteiger partial charge in [0.1, 0.15) is 5.82 Å². The lowest BCUT2D eigenvalue weighted by Gasteiger charge is -2.35. The molecule has 0 bridgehead atoms. The largest absolute Gasteiger partial charge is 0.294 e. The lowest BCUT2D eigenvalue weighted by molar-refractivity contribution is 0.241. The average Bonchev–Trinajstić information content (AvgIpc) is 3.17. The summed E-state index contributed by atoms with van der Waals surface area (Å²) < 4.78 is 1.83. The van der Waals surface area contributed by atoms with Crippen molar-refractivity contribution in [2.75, 3.05) is 6.54 Å². The summed E-state index contributed by atoms with van der Waals surface area (Å²) in [6.45, 7) is 10.2. The topological polar surface area (TPSA) is 59.0 Å². The van der Waals surface area contributed by atoms with Crippen LogP contribution in [-0.2, 0) is 18.6 Å². The smallest absolute Gasteiger partial charge is 0.261 e. The van der Waals surface area contributed by atoms with E-state index < -0.39 is 0 Å². The Labute approximate surface area is 223 Å². The molecule has 5 rings (SSSR count). The molecule has 0 aliphatic carbocycles. The molecule has 1 aromatic heterocycles. The van der Waals surface area contributed by atoms with Gasteiger partial charge in [-0.3, -0.25) is 20.0 Å². The number of hydrogen-bond acceptors (Lipinski definition) is 4. The minimum absolute atomic E-state index is 0.0284. The zero-order chi connectivity index (χ0) is 26.2. The zero-order valence-corrected chi connectivity index (χ0v) is 22.8. The van der Waals surface area contributed by atoms with Gasteiger partial charge in [-0.1, -0.05) is 78.7 Å². The van der Waals surface area contributed by atoms with Gasteiger partial charge < -0.3 is 0 Å². The summed E-state index contributed by atoms with van der Waals surface area (Å²) in [6, 6.07) is 24.1. The summed E-state index contributed by atoms with van der Waals surface area (Å²) in [5.74, 6) is 1.02. The first-order valence-electron chi connectivity index (χ1n) is 13.0. The van der Waals surface area contributed by atoms with Crippen LogP contribution >= 0.6 is 11.6 Å². The predicted molar refractivity (Wildman–Crippen MR) is 152 cm³/mol. The number of fused-ring (bicyclic) bond motifs is 1. The lowest BCUT2D eigenvalue weighted by atomic mass is 9.87. The predicted octanol–water partition coefficient (Wildman–Crippen LogP) is 5.80. The van der Waals surface area contributed by atoms with E-state index in [1.807, 2.05) is 34.9 Å². The molecule has 2 unspecified atom stereocenters. The van der Waals surface area contributed by atoms with Crippen molar-refractivity contribution in [3.05, 3.63) is 111 Å². The van der Waals surface area contributed by atoms with E-state index >= 15 is 0 Å². The first kappa shape index (κ1) is 25.7. The van der Waals surface area contributed by atoms with Gasteiger partial charge in [0.05, 0.1) is 23.1 Å². The molecule has 3 aromatic carbocycles. The zero-order valence-electron chi connectivity index (χ0n) is 22.0. The Hall–Kier alpha value is -2.99. The van der Waals surface area contributed by atoms with Crippen molar-refractivity contribution < 1.29 is 0 Å². The van der Waals surface area contributed by atoms with Gasteiger partial charge in [0.2, 0.25) is 0 Å². The second-order valence-electron chi connectivity index (χ2n) is 11.2. The molecule has 6 heteroatoms. The molecule has 1 saturated heterocycles. The maximum Gasteiger partial charge on any atom is 0.261 e. The number of rotatable bonds is 7. The van der Waals surface area contributed by atoms with Gasteiger partial charge in [-0.05, 0) is 62.4 Å². The maximum absolute atomic E-state index is 13.7. The van der Waals surface area contributed by atoms with Crippen LogP contribution in [0.4, 0.5) is 0 Å². The Bertz CT molecular complexity index is 1480. The molecule has 192 valence electrons. The van der Waals surface area contributed by atoms with E-state index in [0.717, 1.165) is 24.4 Å². The first-order chi connectivity index (χ1) is 17.6. The van der Waals surface area contributed by atoms with Crippen molar-refractivity contribution in [3.63, 3.8) is 0 Å². The van der Waals surface area contributed by atoms with Crippen LogP contribution in [0.3, 0.4) is 0 Å². The molecule has 1 aliphatic heterocycles. The Balaban J connectivity index is 1.52. The molecule has 2 atom stereocenters. The van der Waals surface area contributed by atoms with Crippen LogP contribution in [0.25, 0.3) is 10.9 Å². The normalized spacial score (nSPS) is 19.8. The highest BCUT2D eigenvalue weighted by Crippen LogP contribution is 2.34. The van der Waals surface area contributed by atoms with E-state index in [2.05, 4.69) is 62.6 Å². The van der Waals surface area contributed by atoms with Gasteiger partial charge in [0, 0.05) is 23.5 Å². The summed E-state index contributed by atoms with van der Waals surface area (Å²) in [5, 5.41) is 8.87. The lowest BCUT2D eigenvalue weighted by Crippen LogP contribution is -2.50. The van der Waals surface area contributed by atoms with E-state index in [9.17, 15) is 4.79 Å². The van der Waals surface area contributed by atoms with Crippen LogP contribution in [0.5, 0.6) is 0 Å². The van der Waals surface area contributed by atoms with Crippen molar-refractivity contribution in [3.8, 4) is 0 Å². The number of nitrogens with one attached hydrogen (secondary N) is 2. The molecule has 37 heavy (non-hydrogen) atoms. The number of aryl methyl sites for hydroxylation is 1. The molecule has 4 aromatic rings. The molecule has 1 fully saturated rings. The molecule has 0 spiro atoms. The second-order valence-corrected chi connectivity index (χ2v) is 11.7. The van der Waals surface area contributed by atoms with Crippen molar-refractivity contribution >= 4 is 22.5 Å². The molecule has 0 amide bonds. The molecule has 5 nitrogen and oxygen atoms in total. The number of aromatic nitrogens is 2. The van der Waals surface area contributed by atoms with Crippen LogP contribution in [0.15, 0.2) is 77.6 Å². The van der Waals surface area contributed by atoms with Crippen LogP contribution in [0.1, 0.15) is 49.7 Å². The minimum Gasteiger partial charge on any atom is -0.294 e. The van der Waals surface area contributed by atoms with Gasteiger partial charge in [0.15, 0.2) is 0 Å². The summed E-state index contributed by atoms with van der Waals surface area (Å²) in [4.78, 5) is 18.6. The fourth-order valence-electron chi connectivity index (χ4n) is 5.60. The fourth-order valence-corrected chi connectivity index (χ4v) is 5.76. The molecule has 1 aliphatic rings. The Morgan fingerprint density at radius 2 is 1.84 bits per heavy atom. The number of benzene rings is 3. The van der Waals surface area contributed by atoms with Crippen LogP contribution < -0.4 is 16.2 Å². The average molecular weight is 515 g/mol. The van der Waals surface area contributed by atoms with Crippen molar-refractivity contribution in [1.29, 1.82) is 0 Å². The molecular formula is C31H35ClN4O. The first-order valence-corrected chi connectivity index (χ1v) is 13.4. The summed E-state index contributed by atoms with van der Waals surface area (Å²) in [7, 11) is 0. The van der Waals surface area contributed by atoms with Gasteiger partial charge >= 0.3 is 0 Å². The third-order valence-electron chi connectivity index (χ3n) is 7.26. The van der Waals surface area contributed by atoms with E-state index in [1.54, 1.807) is 18.2 Å². The highest BCUT2D eigenvalue weighted by molar-refractivity contribution is 6.31. The third kappa shape index (κ3) is 5.49. The SMILES string of the molecule is Cc1cccc(C2(CC(C)Cc3nc4cc(Cl)ccc4c(=O)n3Cc3ccccc3)NCC(C)(C)N2)c1. The monoisotopic (exact) mass is 514 g/mol. The van der Waals surface area contributed by atoms with E-state index in [4.69, 9.17) is 16.6 Å². The van der Waals surface area contributed by atoms with Gasteiger partial charge in [-0.25, -0.2) is 4.98 Å². The van der Waals surface area contributed by atoms with Crippen molar-refractivity contribution in [1.82, 2.24) is 20.2 Å². The van der Waals surface area contributed by atoms with Gasteiger partial charge in [0.25, 0.3) is 5.56 Å². The quantitative estimate of drug-likeness (QED) is 0.327. The number of halogens is 1. The second kappa shape index (κ2) is 10.1. The Morgan fingerprint density at radius 1 is 1.05 bits per heavy atom.